The number of amides is 1. The molecule has 2 aromatic rings. The van der Waals surface area contributed by atoms with Gasteiger partial charge in [-0.25, -0.2) is 0 Å². The zero-order chi connectivity index (χ0) is 16.4. The standard InChI is InChI=1S/C20H23N3O/c24-20(18-6-4-16(5-7-18)15-2-1-3-15)23-13-12-22-19(14-23)17-8-10-21-11-9-17/h4-11,15,19,22H,1-3,12-14H2. The van der Waals surface area contributed by atoms with Gasteiger partial charge in [-0.1, -0.05) is 18.6 Å². The maximum atomic E-state index is 12.8. The van der Waals surface area contributed by atoms with Gasteiger partial charge in [0.15, 0.2) is 0 Å². The van der Waals surface area contributed by atoms with Crippen molar-refractivity contribution in [1.29, 1.82) is 0 Å². The largest absolute Gasteiger partial charge is 0.335 e. The Bertz CT molecular complexity index is 695. The lowest BCUT2D eigenvalue weighted by Gasteiger charge is -2.34. The molecule has 1 N–H and O–H groups in total. The highest BCUT2D eigenvalue weighted by atomic mass is 16.2. The fourth-order valence-corrected chi connectivity index (χ4v) is 3.58. The Morgan fingerprint density at radius 3 is 2.46 bits per heavy atom. The van der Waals surface area contributed by atoms with E-state index in [0.717, 1.165) is 18.7 Å². The summed E-state index contributed by atoms with van der Waals surface area (Å²) in [4.78, 5) is 18.9. The lowest BCUT2D eigenvalue weighted by Crippen LogP contribution is -2.48. The van der Waals surface area contributed by atoms with Crippen LogP contribution in [0.15, 0.2) is 48.8 Å². The summed E-state index contributed by atoms with van der Waals surface area (Å²) in [6, 6.07) is 12.5. The molecule has 1 saturated heterocycles. The summed E-state index contributed by atoms with van der Waals surface area (Å²) in [7, 11) is 0. The molecular formula is C20H23N3O. The van der Waals surface area contributed by atoms with Crippen LogP contribution in [0.4, 0.5) is 0 Å². The first kappa shape index (κ1) is 15.3. The molecule has 1 aliphatic heterocycles. The van der Waals surface area contributed by atoms with E-state index in [2.05, 4.69) is 22.4 Å². The number of hydrogen-bond acceptors (Lipinski definition) is 3. The first-order valence-corrected chi connectivity index (χ1v) is 8.84. The van der Waals surface area contributed by atoms with Gasteiger partial charge in [-0.2, -0.15) is 0 Å². The summed E-state index contributed by atoms with van der Waals surface area (Å²) in [5.74, 6) is 0.847. The number of benzene rings is 1. The molecule has 1 aliphatic carbocycles. The predicted octanol–water partition coefficient (Wildman–Crippen LogP) is 3.14. The molecule has 0 spiro atoms. The number of carbonyl (C=O) groups is 1. The number of rotatable bonds is 3. The van der Waals surface area contributed by atoms with Crippen molar-refractivity contribution in [3.05, 3.63) is 65.5 Å². The van der Waals surface area contributed by atoms with Gasteiger partial charge >= 0.3 is 0 Å². The molecule has 4 heteroatoms. The van der Waals surface area contributed by atoms with Gasteiger partial charge < -0.3 is 10.2 Å². The topological polar surface area (TPSA) is 45.2 Å². The van der Waals surface area contributed by atoms with E-state index in [1.54, 1.807) is 12.4 Å². The Morgan fingerprint density at radius 1 is 1.04 bits per heavy atom. The quantitative estimate of drug-likeness (QED) is 0.944. The van der Waals surface area contributed by atoms with Crippen molar-refractivity contribution in [1.82, 2.24) is 15.2 Å². The van der Waals surface area contributed by atoms with E-state index < -0.39 is 0 Å². The highest BCUT2D eigenvalue weighted by Crippen LogP contribution is 2.36. The fraction of sp³-hybridized carbons (Fsp3) is 0.400. The summed E-state index contributed by atoms with van der Waals surface area (Å²) in [5.41, 5.74) is 3.36. The zero-order valence-electron chi connectivity index (χ0n) is 13.8. The molecule has 1 saturated carbocycles. The molecule has 24 heavy (non-hydrogen) atoms. The van der Waals surface area contributed by atoms with Crippen LogP contribution < -0.4 is 5.32 Å². The molecule has 2 aliphatic rings. The van der Waals surface area contributed by atoms with Crippen molar-refractivity contribution in [3.63, 3.8) is 0 Å². The van der Waals surface area contributed by atoms with Gasteiger partial charge in [-0.3, -0.25) is 9.78 Å². The lowest BCUT2D eigenvalue weighted by atomic mass is 9.80. The van der Waals surface area contributed by atoms with Gasteiger partial charge in [-0.15, -0.1) is 0 Å². The highest BCUT2D eigenvalue weighted by molar-refractivity contribution is 5.94. The summed E-state index contributed by atoms with van der Waals surface area (Å²) in [5, 5.41) is 3.49. The van der Waals surface area contributed by atoms with Crippen molar-refractivity contribution in [2.45, 2.75) is 31.2 Å². The van der Waals surface area contributed by atoms with Crippen molar-refractivity contribution in [2.24, 2.45) is 0 Å². The van der Waals surface area contributed by atoms with Gasteiger partial charge in [0.1, 0.15) is 0 Å². The average molecular weight is 321 g/mol. The van der Waals surface area contributed by atoms with Gasteiger partial charge in [0.05, 0.1) is 6.04 Å². The SMILES string of the molecule is O=C(c1ccc(C2CCC2)cc1)N1CCNC(c2ccncc2)C1. The molecule has 1 unspecified atom stereocenters. The predicted molar refractivity (Wildman–Crippen MR) is 93.9 cm³/mol. The van der Waals surface area contributed by atoms with E-state index in [-0.39, 0.29) is 11.9 Å². The van der Waals surface area contributed by atoms with Gasteiger partial charge in [0.2, 0.25) is 0 Å². The number of aromatic nitrogens is 1. The van der Waals surface area contributed by atoms with Crippen LogP contribution in [0.5, 0.6) is 0 Å². The van der Waals surface area contributed by atoms with Gasteiger partial charge in [0, 0.05) is 37.6 Å². The number of piperazine rings is 1. The second kappa shape index (κ2) is 6.73. The maximum Gasteiger partial charge on any atom is 0.253 e. The molecule has 2 heterocycles. The van der Waals surface area contributed by atoms with Crippen LogP contribution in [0.1, 0.15) is 52.7 Å². The van der Waals surface area contributed by atoms with E-state index in [0.29, 0.717) is 12.5 Å². The van der Waals surface area contributed by atoms with E-state index >= 15 is 0 Å². The lowest BCUT2D eigenvalue weighted by molar-refractivity contribution is 0.0703. The molecule has 1 amide bonds. The van der Waals surface area contributed by atoms with E-state index in [9.17, 15) is 4.79 Å². The minimum absolute atomic E-state index is 0.135. The van der Waals surface area contributed by atoms with Crippen LogP contribution in [-0.4, -0.2) is 35.4 Å². The molecule has 1 atom stereocenters. The Kier molecular flexibility index (Phi) is 4.30. The molecule has 4 rings (SSSR count). The van der Waals surface area contributed by atoms with Crippen LogP contribution in [0.2, 0.25) is 0 Å². The molecule has 4 nitrogen and oxygen atoms in total. The third-order valence-electron chi connectivity index (χ3n) is 5.31. The highest BCUT2D eigenvalue weighted by Gasteiger charge is 2.25. The number of nitrogens with one attached hydrogen (secondary N) is 1. The third-order valence-corrected chi connectivity index (χ3v) is 5.31. The van der Waals surface area contributed by atoms with Crippen molar-refractivity contribution < 1.29 is 4.79 Å². The van der Waals surface area contributed by atoms with Crippen LogP contribution in [0.3, 0.4) is 0 Å². The summed E-state index contributed by atoms with van der Waals surface area (Å²) in [6.07, 6.45) is 7.52. The monoisotopic (exact) mass is 321 g/mol. The van der Waals surface area contributed by atoms with Crippen molar-refractivity contribution in [3.8, 4) is 0 Å². The maximum absolute atomic E-state index is 12.8. The Morgan fingerprint density at radius 2 is 1.79 bits per heavy atom. The van der Waals surface area contributed by atoms with E-state index in [1.807, 2.05) is 29.2 Å². The molecule has 0 radical (unpaired) electrons. The Balaban J connectivity index is 1.45. The number of nitrogens with zero attached hydrogens (tertiary/aromatic N) is 2. The number of pyridine rings is 1. The molecule has 2 fully saturated rings. The molecule has 1 aromatic heterocycles. The first-order chi connectivity index (χ1) is 11.8. The number of hydrogen-bond donors (Lipinski definition) is 1. The summed E-state index contributed by atoms with van der Waals surface area (Å²) < 4.78 is 0. The molecule has 1 aromatic carbocycles. The van der Waals surface area contributed by atoms with Crippen LogP contribution in [-0.2, 0) is 0 Å². The third kappa shape index (κ3) is 3.06. The minimum Gasteiger partial charge on any atom is -0.335 e. The normalized spacial score (nSPS) is 21.3. The number of carbonyl (C=O) groups excluding carboxylic acids is 1. The first-order valence-electron chi connectivity index (χ1n) is 8.84. The van der Waals surface area contributed by atoms with Crippen molar-refractivity contribution in [2.75, 3.05) is 19.6 Å². The zero-order valence-corrected chi connectivity index (χ0v) is 13.8. The van der Waals surface area contributed by atoms with Gasteiger partial charge in [-0.05, 0) is 54.2 Å². The molecule has 0 bridgehead atoms. The second-order valence-electron chi connectivity index (χ2n) is 6.79. The minimum atomic E-state index is 0.135. The van der Waals surface area contributed by atoms with E-state index in [1.165, 1.54) is 30.4 Å². The second-order valence-corrected chi connectivity index (χ2v) is 6.79. The fourth-order valence-electron chi connectivity index (χ4n) is 3.58. The summed E-state index contributed by atoms with van der Waals surface area (Å²) in [6.45, 7) is 2.27. The smallest absolute Gasteiger partial charge is 0.253 e. The Hall–Kier alpha value is -2.20. The van der Waals surface area contributed by atoms with Gasteiger partial charge in [0.25, 0.3) is 5.91 Å². The molecule has 124 valence electrons. The van der Waals surface area contributed by atoms with Crippen LogP contribution in [0, 0.1) is 0 Å². The van der Waals surface area contributed by atoms with Crippen molar-refractivity contribution >= 4 is 5.91 Å². The van der Waals surface area contributed by atoms with E-state index in [4.69, 9.17) is 0 Å². The Labute approximate surface area is 142 Å². The average Bonchev–Trinajstić information content (AvgIpc) is 2.61. The summed E-state index contributed by atoms with van der Waals surface area (Å²) >= 11 is 0. The van der Waals surface area contributed by atoms with Crippen LogP contribution >= 0.6 is 0 Å². The molecular weight excluding hydrogens is 298 g/mol. The van der Waals surface area contributed by atoms with Crippen LogP contribution in [0.25, 0.3) is 0 Å².